The lowest BCUT2D eigenvalue weighted by molar-refractivity contribution is -0.148. The SMILES string of the molecule is Cc1cc(/C=C(\C#N)C(=O)O[C@H](C)C(=O)Nc2ccc(F)cc2)c(C)n1CCC(C)C. The van der Waals surface area contributed by atoms with E-state index in [1.807, 2.05) is 26.0 Å². The highest BCUT2D eigenvalue weighted by atomic mass is 19.1. The minimum atomic E-state index is -1.13. The van der Waals surface area contributed by atoms with Gasteiger partial charge in [0, 0.05) is 23.6 Å². The van der Waals surface area contributed by atoms with Crippen LogP contribution in [0.25, 0.3) is 6.08 Å². The normalized spacial score (nSPS) is 12.4. The third-order valence-electron chi connectivity index (χ3n) is 4.95. The van der Waals surface area contributed by atoms with Crippen LogP contribution in [0.15, 0.2) is 35.9 Å². The number of esters is 1. The van der Waals surface area contributed by atoms with Gasteiger partial charge in [0.2, 0.25) is 0 Å². The summed E-state index contributed by atoms with van der Waals surface area (Å²) in [5.74, 6) is -1.32. The van der Waals surface area contributed by atoms with Crippen LogP contribution in [0, 0.1) is 36.9 Å². The predicted molar refractivity (Wildman–Crippen MR) is 118 cm³/mol. The van der Waals surface area contributed by atoms with Gasteiger partial charge in [-0.3, -0.25) is 4.79 Å². The smallest absolute Gasteiger partial charge is 0.349 e. The fraction of sp³-hybridized carbons (Fsp3) is 0.375. The number of carbonyl (C=O) groups excluding carboxylic acids is 2. The molecule has 0 saturated carbocycles. The van der Waals surface area contributed by atoms with Gasteiger partial charge in [-0.1, -0.05) is 13.8 Å². The van der Waals surface area contributed by atoms with Crippen LogP contribution in [0.5, 0.6) is 0 Å². The number of carbonyl (C=O) groups is 2. The number of benzene rings is 1. The van der Waals surface area contributed by atoms with Gasteiger partial charge in [0.25, 0.3) is 5.91 Å². The van der Waals surface area contributed by atoms with E-state index in [-0.39, 0.29) is 5.57 Å². The average molecular weight is 426 g/mol. The molecule has 0 aliphatic rings. The van der Waals surface area contributed by atoms with Crippen LogP contribution in [0.2, 0.25) is 0 Å². The maximum absolute atomic E-state index is 13.0. The van der Waals surface area contributed by atoms with E-state index in [1.54, 1.807) is 0 Å². The summed E-state index contributed by atoms with van der Waals surface area (Å²) in [5, 5.41) is 12.0. The van der Waals surface area contributed by atoms with Crippen LogP contribution in [0.3, 0.4) is 0 Å². The molecular weight excluding hydrogens is 397 g/mol. The van der Waals surface area contributed by atoms with Gasteiger partial charge in [-0.15, -0.1) is 0 Å². The van der Waals surface area contributed by atoms with Gasteiger partial charge in [0.15, 0.2) is 6.10 Å². The summed E-state index contributed by atoms with van der Waals surface area (Å²) in [4.78, 5) is 24.7. The van der Waals surface area contributed by atoms with Gasteiger partial charge >= 0.3 is 5.97 Å². The van der Waals surface area contributed by atoms with Crippen LogP contribution >= 0.6 is 0 Å². The van der Waals surface area contributed by atoms with Crippen molar-refractivity contribution in [3.8, 4) is 6.07 Å². The zero-order valence-electron chi connectivity index (χ0n) is 18.5. The lowest BCUT2D eigenvalue weighted by atomic mass is 10.1. The standard InChI is InChI=1S/C24H28FN3O3/c1-15(2)10-11-28-16(3)12-19(17(28)4)13-20(14-26)24(30)31-18(5)23(29)27-22-8-6-21(25)7-9-22/h6-9,12-13,15,18H,10-11H2,1-5H3,(H,27,29)/b20-13+/t18-/m1/s1. The molecule has 1 atom stereocenters. The summed E-state index contributed by atoms with van der Waals surface area (Å²) in [6.45, 7) is 10.5. The van der Waals surface area contributed by atoms with Crippen LogP contribution in [0.4, 0.5) is 10.1 Å². The molecule has 0 bridgehead atoms. The Hall–Kier alpha value is -3.40. The van der Waals surface area contributed by atoms with Crippen molar-refractivity contribution >= 4 is 23.6 Å². The van der Waals surface area contributed by atoms with Crippen molar-refractivity contribution in [1.82, 2.24) is 4.57 Å². The third-order valence-corrected chi connectivity index (χ3v) is 4.95. The number of nitrogens with one attached hydrogen (secondary N) is 1. The molecule has 0 saturated heterocycles. The maximum Gasteiger partial charge on any atom is 0.349 e. The maximum atomic E-state index is 13.0. The van der Waals surface area contributed by atoms with E-state index in [4.69, 9.17) is 4.74 Å². The average Bonchev–Trinajstić information content (AvgIpc) is 2.98. The van der Waals surface area contributed by atoms with Crippen LogP contribution in [-0.4, -0.2) is 22.5 Å². The van der Waals surface area contributed by atoms with Crippen molar-refractivity contribution in [3.63, 3.8) is 0 Å². The lowest BCUT2D eigenvalue weighted by Crippen LogP contribution is -2.30. The number of nitrogens with zero attached hydrogens (tertiary/aromatic N) is 2. The molecule has 0 aliphatic carbocycles. The van der Waals surface area contributed by atoms with Crippen molar-refractivity contribution in [2.45, 2.75) is 53.7 Å². The van der Waals surface area contributed by atoms with Gasteiger partial charge in [-0.2, -0.15) is 5.26 Å². The van der Waals surface area contributed by atoms with Crippen molar-refractivity contribution in [2.75, 3.05) is 5.32 Å². The van der Waals surface area contributed by atoms with E-state index in [0.717, 1.165) is 29.9 Å². The number of anilines is 1. The van der Waals surface area contributed by atoms with Gasteiger partial charge in [0.05, 0.1) is 0 Å². The minimum absolute atomic E-state index is 0.189. The van der Waals surface area contributed by atoms with Gasteiger partial charge < -0.3 is 14.6 Å². The number of rotatable bonds is 8. The second-order valence-electron chi connectivity index (χ2n) is 7.87. The molecule has 164 valence electrons. The molecule has 0 unspecified atom stereocenters. The monoisotopic (exact) mass is 425 g/mol. The van der Waals surface area contributed by atoms with Crippen molar-refractivity contribution < 1.29 is 18.7 Å². The Morgan fingerprint density at radius 3 is 2.45 bits per heavy atom. The van der Waals surface area contributed by atoms with E-state index < -0.39 is 23.8 Å². The number of hydrogen-bond acceptors (Lipinski definition) is 4. The fourth-order valence-electron chi connectivity index (χ4n) is 3.05. The first kappa shape index (κ1) is 23.9. The molecule has 1 aromatic heterocycles. The molecular formula is C24H28FN3O3. The first-order chi connectivity index (χ1) is 14.6. The second kappa shape index (κ2) is 10.6. The highest BCUT2D eigenvalue weighted by Gasteiger charge is 2.21. The third kappa shape index (κ3) is 6.54. The second-order valence-corrected chi connectivity index (χ2v) is 7.87. The Morgan fingerprint density at radius 2 is 1.87 bits per heavy atom. The van der Waals surface area contributed by atoms with E-state index in [2.05, 4.69) is 23.7 Å². The summed E-state index contributed by atoms with van der Waals surface area (Å²) in [5.41, 5.74) is 2.95. The summed E-state index contributed by atoms with van der Waals surface area (Å²) in [6, 6.07) is 9.00. The minimum Gasteiger partial charge on any atom is -0.448 e. The largest absolute Gasteiger partial charge is 0.448 e. The van der Waals surface area contributed by atoms with E-state index in [1.165, 1.54) is 37.3 Å². The van der Waals surface area contributed by atoms with Gasteiger partial charge in [-0.25, -0.2) is 9.18 Å². The Kier molecular flexibility index (Phi) is 8.14. The molecule has 1 amide bonds. The van der Waals surface area contributed by atoms with Crippen molar-refractivity contribution in [2.24, 2.45) is 5.92 Å². The predicted octanol–water partition coefficient (Wildman–Crippen LogP) is 4.77. The number of aromatic nitrogens is 1. The number of aryl methyl sites for hydroxylation is 1. The number of amides is 1. The Labute approximate surface area is 182 Å². The summed E-state index contributed by atoms with van der Waals surface area (Å²) < 4.78 is 20.3. The Morgan fingerprint density at radius 1 is 1.23 bits per heavy atom. The first-order valence-corrected chi connectivity index (χ1v) is 10.2. The molecule has 0 fully saturated rings. The molecule has 31 heavy (non-hydrogen) atoms. The Bertz CT molecular complexity index is 1010. The van der Waals surface area contributed by atoms with Crippen LogP contribution < -0.4 is 5.32 Å². The molecule has 2 rings (SSSR count). The molecule has 1 heterocycles. The highest BCUT2D eigenvalue weighted by Crippen LogP contribution is 2.20. The molecule has 1 aromatic carbocycles. The summed E-state index contributed by atoms with van der Waals surface area (Å²) in [7, 11) is 0. The molecule has 0 spiro atoms. The first-order valence-electron chi connectivity index (χ1n) is 10.2. The molecule has 0 radical (unpaired) electrons. The zero-order valence-corrected chi connectivity index (χ0v) is 18.5. The number of nitriles is 1. The van der Waals surface area contributed by atoms with Crippen molar-refractivity contribution in [3.05, 3.63) is 58.7 Å². The topological polar surface area (TPSA) is 84.1 Å². The Balaban J connectivity index is 2.10. The van der Waals surface area contributed by atoms with E-state index in [9.17, 15) is 19.2 Å². The molecule has 0 aliphatic heterocycles. The zero-order chi connectivity index (χ0) is 23.1. The summed E-state index contributed by atoms with van der Waals surface area (Å²) >= 11 is 0. The molecule has 2 aromatic rings. The fourth-order valence-corrected chi connectivity index (χ4v) is 3.05. The molecule has 7 heteroatoms. The van der Waals surface area contributed by atoms with Crippen LogP contribution in [-0.2, 0) is 20.9 Å². The lowest BCUT2D eigenvalue weighted by Gasteiger charge is -2.13. The van der Waals surface area contributed by atoms with Crippen molar-refractivity contribution in [1.29, 1.82) is 5.26 Å². The number of hydrogen-bond donors (Lipinski definition) is 1. The van der Waals surface area contributed by atoms with Crippen LogP contribution in [0.1, 0.15) is 44.1 Å². The molecule has 6 nitrogen and oxygen atoms in total. The number of halogens is 1. The van der Waals surface area contributed by atoms with Gasteiger partial charge in [0.1, 0.15) is 17.5 Å². The highest BCUT2D eigenvalue weighted by molar-refractivity contribution is 6.01. The summed E-state index contributed by atoms with van der Waals surface area (Å²) in [6.07, 6.45) is 1.38. The molecule has 1 N–H and O–H groups in total. The van der Waals surface area contributed by atoms with Gasteiger partial charge in [-0.05, 0) is 75.1 Å². The number of ether oxygens (including phenoxy) is 1. The van der Waals surface area contributed by atoms with E-state index >= 15 is 0 Å². The van der Waals surface area contributed by atoms with E-state index in [0.29, 0.717) is 11.6 Å². The quantitative estimate of drug-likeness (QED) is 0.375.